The van der Waals surface area contributed by atoms with Gasteiger partial charge in [-0.2, -0.15) is 13.2 Å². The van der Waals surface area contributed by atoms with Gasteiger partial charge in [-0.1, -0.05) is 30.7 Å². The van der Waals surface area contributed by atoms with Gasteiger partial charge < -0.3 is 10.4 Å². The van der Waals surface area contributed by atoms with Gasteiger partial charge in [-0.25, -0.2) is 0 Å². The molecule has 2 nitrogen and oxygen atoms in total. The van der Waals surface area contributed by atoms with Crippen molar-refractivity contribution in [1.82, 2.24) is 5.32 Å². The van der Waals surface area contributed by atoms with Gasteiger partial charge in [0.05, 0.1) is 0 Å². The van der Waals surface area contributed by atoms with Crippen LogP contribution in [-0.2, 0) is 0 Å². The van der Waals surface area contributed by atoms with Crippen LogP contribution in [0.2, 0.25) is 5.02 Å². The monoisotopic (exact) mass is 281 g/mol. The van der Waals surface area contributed by atoms with Crippen molar-refractivity contribution in [2.45, 2.75) is 31.7 Å². The summed E-state index contributed by atoms with van der Waals surface area (Å²) in [5, 5.41) is 12.2. The van der Waals surface area contributed by atoms with E-state index in [1.807, 2.05) is 6.92 Å². The smallest absolute Gasteiger partial charge is 0.382 e. The third-order valence-electron chi connectivity index (χ3n) is 2.62. The standard InChI is InChI=1S/C12H15ClF3NO/c1-2-10(8-3-5-9(13)6-4-8)17-7-11(18)12(14,15)16/h3-6,10-11,17-18H,2,7H2,1H3. The lowest BCUT2D eigenvalue weighted by atomic mass is 10.0. The van der Waals surface area contributed by atoms with E-state index in [0.29, 0.717) is 11.4 Å². The first kappa shape index (κ1) is 15.3. The molecule has 6 heteroatoms. The van der Waals surface area contributed by atoms with Crippen LogP contribution in [0.4, 0.5) is 13.2 Å². The molecule has 1 rings (SSSR count). The van der Waals surface area contributed by atoms with Gasteiger partial charge in [-0.3, -0.25) is 0 Å². The first-order valence-electron chi connectivity index (χ1n) is 5.58. The van der Waals surface area contributed by atoms with Gasteiger partial charge in [0, 0.05) is 17.6 Å². The molecule has 2 N–H and O–H groups in total. The molecule has 0 heterocycles. The highest BCUT2D eigenvalue weighted by Gasteiger charge is 2.38. The average molecular weight is 282 g/mol. The highest BCUT2D eigenvalue weighted by atomic mass is 35.5. The summed E-state index contributed by atoms with van der Waals surface area (Å²) in [6.07, 6.45) is -6.32. The number of nitrogens with one attached hydrogen (secondary N) is 1. The number of aliphatic hydroxyl groups excluding tert-OH is 1. The van der Waals surface area contributed by atoms with Crippen molar-refractivity contribution >= 4 is 11.6 Å². The van der Waals surface area contributed by atoms with Gasteiger partial charge in [0.25, 0.3) is 0 Å². The Bertz CT molecular complexity index is 367. The topological polar surface area (TPSA) is 32.3 Å². The molecule has 0 aromatic heterocycles. The first-order valence-corrected chi connectivity index (χ1v) is 5.96. The Hall–Kier alpha value is -0.780. The summed E-state index contributed by atoms with van der Waals surface area (Å²) in [6.45, 7) is 1.33. The Kier molecular flexibility index (Phi) is 5.44. The van der Waals surface area contributed by atoms with Crippen molar-refractivity contribution < 1.29 is 18.3 Å². The number of halogens is 4. The SMILES string of the molecule is CCC(NCC(O)C(F)(F)F)c1ccc(Cl)cc1. The molecular weight excluding hydrogens is 267 g/mol. The summed E-state index contributed by atoms with van der Waals surface area (Å²) in [7, 11) is 0. The number of alkyl halides is 3. The van der Waals surface area contributed by atoms with Crippen LogP contribution in [0.15, 0.2) is 24.3 Å². The molecule has 2 atom stereocenters. The van der Waals surface area contributed by atoms with Crippen molar-refractivity contribution in [2.24, 2.45) is 0 Å². The zero-order valence-electron chi connectivity index (χ0n) is 9.84. The summed E-state index contributed by atoms with van der Waals surface area (Å²) >= 11 is 5.74. The maximum Gasteiger partial charge on any atom is 0.415 e. The lowest BCUT2D eigenvalue weighted by Crippen LogP contribution is -2.39. The molecule has 0 amide bonds. The van der Waals surface area contributed by atoms with E-state index in [4.69, 9.17) is 16.7 Å². The molecule has 1 aromatic rings. The third-order valence-corrected chi connectivity index (χ3v) is 2.87. The van der Waals surface area contributed by atoms with Gasteiger partial charge in [0.2, 0.25) is 0 Å². The first-order chi connectivity index (χ1) is 8.34. The molecule has 18 heavy (non-hydrogen) atoms. The zero-order chi connectivity index (χ0) is 13.8. The Balaban J connectivity index is 2.60. The number of hydrogen-bond donors (Lipinski definition) is 2. The van der Waals surface area contributed by atoms with Crippen LogP contribution in [0, 0.1) is 0 Å². The maximum atomic E-state index is 12.2. The largest absolute Gasteiger partial charge is 0.415 e. The number of rotatable bonds is 5. The Morgan fingerprint density at radius 2 is 1.83 bits per heavy atom. The number of hydrogen-bond acceptors (Lipinski definition) is 2. The molecule has 0 aliphatic rings. The second-order valence-corrected chi connectivity index (χ2v) is 4.41. The molecule has 0 saturated carbocycles. The average Bonchev–Trinajstić information content (AvgIpc) is 2.30. The van der Waals surface area contributed by atoms with Crippen molar-refractivity contribution in [2.75, 3.05) is 6.54 Å². The summed E-state index contributed by atoms with van der Waals surface area (Å²) in [4.78, 5) is 0. The fourth-order valence-corrected chi connectivity index (χ4v) is 1.69. The minimum atomic E-state index is -4.59. The molecule has 102 valence electrons. The maximum absolute atomic E-state index is 12.2. The second-order valence-electron chi connectivity index (χ2n) is 3.98. The van der Waals surface area contributed by atoms with E-state index in [9.17, 15) is 13.2 Å². The van der Waals surface area contributed by atoms with Crippen LogP contribution in [0.1, 0.15) is 24.9 Å². The lowest BCUT2D eigenvalue weighted by Gasteiger charge is -2.21. The van der Waals surface area contributed by atoms with Gasteiger partial charge in [0.15, 0.2) is 6.10 Å². The Labute approximate surface area is 109 Å². The fourth-order valence-electron chi connectivity index (χ4n) is 1.56. The second kappa shape index (κ2) is 6.41. The minimum absolute atomic E-state index is 0.237. The van der Waals surface area contributed by atoms with E-state index in [2.05, 4.69) is 5.32 Å². The molecule has 1 aromatic carbocycles. The quantitative estimate of drug-likeness (QED) is 0.868. The minimum Gasteiger partial charge on any atom is -0.382 e. The highest BCUT2D eigenvalue weighted by molar-refractivity contribution is 6.30. The van der Waals surface area contributed by atoms with E-state index < -0.39 is 18.8 Å². The zero-order valence-corrected chi connectivity index (χ0v) is 10.6. The summed E-state index contributed by atoms with van der Waals surface area (Å²) < 4.78 is 36.5. The third kappa shape index (κ3) is 4.48. The normalized spacial score (nSPS) is 15.4. The van der Waals surface area contributed by atoms with E-state index in [1.165, 1.54) is 0 Å². The Morgan fingerprint density at radius 3 is 2.28 bits per heavy atom. The molecule has 0 aliphatic heterocycles. The van der Waals surface area contributed by atoms with Crippen molar-refractivity contribution in [1.29, 1.82) is 0 Å². The van der Waals surface area contributed by atoms with Gasteiger partial charge in [0.1, 0.15) is 0 Å². The fraction of sp³-hybridized carbons (Fsp3) is 0.500. The summed E-state index contributed by atoms with van der Waals surface area (Å²) in [5.74, 6) is 0. The van der Waals surface area contributed by atoms with Gasteiger partial charge in [-0.05, 0) is 24.1 Å². The van der Waals surface area contributed by atoms with Crippen LogP contribution in [0.5, 0.6) is 0 Å². The predicted molar refractivity (Wildman–Crippen MR) is 64.5 cm³/mol. The van der Waals surface area contributed by atoms with Crippen LogP contribution in [-0.4, -0.2) is 23.9 Å². The predicted octanol–water partition coefficient (Wildman–Crippen LogP) is 3.30. The lowest BCUT2D eigenvalue weighted by molar-refractivity contribution is -0.202. The number of aliphatic hydroxyl groups is 1. The van der Waals surface area contributed by atoms with Gasteiger partial charge in [-0.15, -0.1) is 0 Å². The van der Waals surface area contributed by atoms with Crippen LogP contribution >= 0.6 is 11.6 Å². The summed E-state index contributed by atoms with van der Waals surface area (Å²) in [5.41, 5.74) is 0.844. The molecule has 2 unspecified atom stereocenters. The van der Waals surface area contributed by atoms with E-state index in [1.54, 1.807) is 24.3 Å². The highest BCUT2D eigenvalue weighted by Crippen LogP contribution is 2.22. The van der Waals surface area contributed by atoms with E-state index >= 15 is 0 Å². The molecule has 0 radical (unpaired) electrons. The van der Waals surface area contributed by atoms with Crippen LogP contribution in [0.25, 0.3) is 0 Å². The van der Waals surface area contributed by atoms with Crippen molar-refractivity contribution in [3.63, 3.8) is 0 Å². The molecular formula is C12H15ClF3NO. The van der Waals surface area contributed by atoms with Crippen LogP contribution < -0.4 is 5.32 Å². The van der Waals surface area contributed by atoms with Crippen LogP contribution in [0.3, 0.4) is 0 Å². The molecule has 0 fully saturated rings. The van der Waals surface area contributed by atoms with Crippen molar-refractivity contribution in [3.05, 3.63) is 34.9 Å². The molecule has 0 saturated heterocycles. The molecule has 0 bridgehead atoms. The van der Waals surface area contributed by atoms with Gasteiger partial charge >= 0.3 is 6.18 Å². The number of benzene rings is 1. The summed E-state index contributed by atoms with van der Waals surface area (Å²) in [6, 6.07) is 6.63. The Morgan fingerprint density at radius 1 is 1.28 bits per heavy atom. The van der Waals surface area contributed by atoms with E-state index in [-0.39, 0.29) is 6.04 Å². The molecule has 0 spiro atoms. The van der Waals surface area contributed by atoms with E-state index in [0.717, 1.165) is 5.56 Å². The molecule has 0 aliphatic carbocycles. The van der Waals surface area contributed by atoms with Crippen molar-refractivity contribution in [3.8, 4) is 0 Å².